The van der Waals surface area contributed by atoms with Gasteiger partial charge in [-0.1, -0.05) is 29.8 Å². The highest BCUT2D eigenvalue weighted by Gasteiger charge is 1.99. The Hall–Kier alpha value is -1.52. The van der Waals surface area contributed by atoms with Gasteiger partial charge in [-0.15, -0.1) is 0 Å². The van der Waals surface area contributed by atoms with Crippen LogP contribution in [0.1, 0.15) is 12.0 Å². The molecule has 0 bridgehead atoms. The van der Waals surface area contributed by atoms with Crippen molar-refractivity contribution in [2.24, 2.45) is 0 Å². The fraction of sp³-hybridized carbons (Fsp3) is 0.308. The van der Waals surface area contributed by atoms with Gasteiger partial charge >= 0.3 is 0 Å². The summed E-state index contributed by atoms with van der Waals surface area (Å²) in [6.45, 7) is 2.02. The van der Waals surface area contributed by atoms with Crippen LogP contribution in [0.3, 0.4) is 0 Å². The normalized spacial score (nSPS) is 10.7. The Labute approximate surface area is 111 Å². The van der Waals surface area contributed by atoms with Crippen LogP contribution < -0.4 is 5.73 Å². The highest BCUT2D eigenvalue weighted by atomic mass is 35.5. The molecule has 0 radical (unpaired) electrons. The van der Waals surface area contributed by atoms with E-state index in [1.807, 2.05) is 35.1 Å². The monoisotopic (exact) mass is 265 g/mol. The Balaban J connectivity index is 1.66. The molecule has 2 N–H and O–H groups in total. The summed E-state index contributed by atoms with van der Waals surface area (Å²) in [7, 11) is 0. The second-order valence-electron chi connectivity index (χ2n) is 4.00. The predicted molar refractivity (Wildman–Crippen MR) is 72.4 cm³/mol. The number of nitrogens with zero attached hydrogens (tertiary/aromatic N) is 2. The molecule has 0 atom stereocenters. The Morgan fingerprint density at radius 2 is 2.11 bits per heavy atom. The van der Waals surface area contributed by atoms with Crippen molar-refractivity contribution in [3.8, 4) is 0 Å². The van der Waals surface area contributed by atoms with E-state index >= 15 is 0 Å². The molecular weight excluding hydrogens is 250 g/mol. The van der Waals surface area contributed by atoms with Gasteiger partial charge in [-0.25, -0.2) is 0 Å². The zero-order valence-corrected chi connectivity index (χ0v) is 10.8. The van der Waals surface area contributed by atoms with E-state index in [9.17, 15) is 0 Å². The third-order valence-corrected chi connectivity index (χ3v) is 2.92. The molecule has 0 saturated carbocycles. The molecule has 5 heteroatoms. The summed E-state index contributed by atoms with van der Waals surface area (Å²) in [4.78, 5) is 0. The van der Waals surface area contributed by atoms with Crippen LogP contribution in [0, 0.1) is 0 Å². The summed E-state index contributed by atoms with van der Waals surface area (Å²) >= 11 is 6.03. The molecule has 0 aliphatic heterocycles. The number of nitrogens with two attached hydrogens (primary N) is 1. The number of halogens is 1. The van der Waals surface area contributed by atoms with Crippen molar-refractivity contribution in [2.45, 2.75) is 19.6 Å². The minimum absolute atomic E-state index is 0.543. The van der Waals surface area contributed by atoms with E-state index in [0.717, 1.165) is 23.6 Å². The maximum atomic E-state index is 6.03. The zero-order chi connectivity index (χ0) is 12.8. The first-order chi connectivity index (χ1) is 8.75. The highest BCUT2D eigenvalue weighted by molar-refractivity contribution is 6.31. The molecule has 0 spiro atoms. The minimum atomic E-state index is 0.543. The predicted octanol–water partition coefficient (Wildman–Crippen LogP) is 2.73. The lowest BCUT2D eigenvalue weighted by atomic mass is 10.2. The Morgan fingerprint density at radius 3 is 2.83 bits per heavy atom. The minimum Gasteiger partial charge on any atom is -0.382 e. The second-order valence-corrected chi connectivity index (χ2v) is 4.41. The van der Waals surface area contributed by atoms with Crippen LogP contribution in [0.5, 0.6) is 0 Å². The standard InChI is InChI=1S/C13H16ClN3O/c14-12-5-2-1-4-11(12)10-18-9-3-7-17-8-6-13(15)16-17/h1-2,4-6,8H,3,7,9-10H2,(H2,15,16). The molecular formula is C13H16ClN3O. The van der Waals surface area contributed by atoms with Crippen LogP contribution in [0.4, 0.5) is 5.82 Å². The molecule has 0 amide bonds. The molecule has 96 valence electrons. The van der Waals surface area contributed by atoms with Gasteiger partial charge in [0.05, 0.1) is 6.61 Å². The third-order valence-electron chi connectivity index (χ3n) is 2.55. The first kappa shape index (κ1) is 12.9. The van der Waals surface area contributed by atoms with Crippen molar-refractivity contribution in [1.29, 1.82) is 0 Å². The van der Waals surface area contributed by atoms with E-state index in [4.69, 9.17) is 22.1 Å². The van der Waals surface area contributed by atoms with E-state index in [2.05, 4.69) is 5.10 Å². The van der Waals surface area contributed by atoms with Crippen molar-refractivity contribution in [3.05, 3.63) is 47.1 Å². The molecule has 2 rings (SSSR count). The average Bonchev–Trinajstić information content (AvgIpc) is 2.77. The maximum absolute atomic E-state index is 6.03. The fourth-order valence-electron chi connectivity index (χ4n) is 1.63. The summed E-state index contributed by atoms with van der Waals surface area (Å²) in [5.41, 5.74) is 6.54. The molecule has 1 aromatic heterocycles. The summed E-state index contributed by atoms with van der Waals surface area (Å²) in [6, 6.07) is 9.49. The summed E-state index contributed by atoms with van der Waals surface area (Å²) in [5, 5.41) is 4.85. The highest BCUT2D eigenvalue weighted by Crippen LogP contribution is 2.15. The molecule has 0 unspecified atom stereocenters. The molecule has 1 aromatic carbocycles. The molecule has 0 aliphatic carbocycles. The number of aromatic nitrogens is 2. The first-order valence-electron chi connectivity index (χ1n) is 5.86. The smallest absolute Gasteiger partial charge is 0.145 e. The summed E-state index contributed by atoms with van der Waals surface area (Å²) in [5.74, 6) is 0.548. The molecule has 0 aliphatic rings. The number of hydrogen-bond donors (Lipinski definition) is 1. The van der Waals surface area contributed by atoms with Crippen LogP contribution >= 0.6 is 11.6 Å². The molecule has 0 saturated heterocycles. The molecule has 0 fully saturated rings. The van der Waals surface area contributed by atoms with Crippen molar-refractivity contribution in [2.75, 3.05) is 12.3 Å². The third kappa shape index (κ3) is 3.75. The van der Waals surface area contributed by atoms with E-state index < -0.39 is 0 Å². The largest absolute Gasteiger partial charge is 0.382 e. The van der Waals surface area contributed by atoms with Gasteiger partial charge < -0.3 is 10.5 Å². The summed E-state index contributed by atoms with van der Waals surface area (Å²) in [6.07, 6.45) is 2.76. The van der Waals surface area contributed by atoms with Crippen LogP contribution in [-0.4, -0.2) is 16.4 Å². The van der Waals surface area contributed by atoms with Gasteiger partial charge in [0.25, 0.3) is 0 Å². The Bertz CT molecular complexity index is 498. The fourth-order valence-corrected chi connectivity index (χ4v) is 1.82. The zero-order valence-electron chi connectivity index (χ0n) is 10.1. The van der Waals surface area contributed by atoms with Gasteiger partial charge in [0.2, 0.25) is 0 Å². The number of nitrogen functional groups attached to an aromatic ring is 1. The molecule has 1 heterocycles. The van der Waals surface area contributed by atoms with Crippen LogP contribution in [-0.2, 0) is 17.9 Å². The number of anilines is 1. The van der Waals surface area contributed by atoms with Crippen molar-refractivity contribution in [3.63, 3.8) is 0 Å². The first-order valence-corrected chi connectivity index (χ1v) is 6.23. The molecule has 18 heavy (non-hydrogen) atoms. The molecule has 2 aromatic rings. The number of aryl methyl sites for hydroxylation is 1. The van der Waals surface area contributed by atoms with Crippen molar-refractivity contribution in [1.82, 2.24) is 9.78 Å². The lowest BCUT2D eigenvalue weighted by Crippen LogP contribution is -2.04. The lowest BCUT2D eigenvalue weighted by molar-refractivity contribution is 0.115. The van der Waals surface area contributed by atoms with Gasteiger partial charge in [-0.2, -0.15) is 5.10 Å². The van der Waals surface area contributed by atoms with E-state index in [-0.39, 0.29) is 0 Å². The van der Waals surface area contributed by atoms with Crippen molar-refractivity contribution < 1.29 is 4.74 Å². The van der Waals surface area contributed by atoms with Gasteiger partial charge in [0.15, 0.2) is 0 Å². The van der Waals surface area contributed by atoms with Crippen molar-refractivity contribution >= 4 is 17.4 Å². The quantitative estimate of drug-likeness (QED) is 0.817. The second kappa shape index (κ2) is 6.42. The van der Waals surface area contributed by atoms with Crippen LogP contribution in [0.25, 0.3) is 0 Å². The maximum Gasteiger partial charge on any atom is 0.145 e. The van der Waals surface area contributed by atoms with Gasteiger partial charge in [0.1, 0.15) is 5.82 Å². The number of benzene rings is 1. The number of ether oxygens (including phenoxy) is 1. The van der Waals surface area contributed by atoms with Gasteiger partial charge in [0, 0.05) is 24.4 Å². The Kier molecular flexibility index (Phi) is 4.61. The SMILES string of the molecule is Nc1ccn(CCCOCc2ccccc2Cl)n1. The number of rotatable bonds is 6. The van der Waals surface area contributed by atoms with E-state index in [1.54, 1.807) is 6.07 Å². The van der Waals surface area contributed by atoms with Crippen LogP contribution in [0.2, 0.25) is 5.02 Å². The van der Waals surface area contributed by atoms with Gasteiger partial charge in [-0.05, 0) is 24.1 Å². The Morgan fingerprint density at radius 1 is 1.28 bits per heavy atom. The van der Waals surface area contributed by atoms with Crippen LogP contribution in [0.15, 0.2) is 36.5 Å². The van der Waals surface area contributed by atoms with E-state index in [0.29, 0.717) is 19.0 Å². The number of hydrogen-bond acceptors (Lipinski definition) is 3. The van der Waals surface area contributed by atoms with Gasteiger partial charge in [-0.3, -0.25) is 4.68 Å². The lowest BCUT2D eigenvalue weighted by Gasteiger charge is -2.06. The van der Waals surface area contributed by atoms with E-state index in [1.165, 1.54) is 0 Å². The topological polar surface area (TPSA) is 53.1 Å². The average molecular weight is 266 g/mol. The summed E-state index contributed by atoms with van der Waals surface area (Å²) < 4.78 is 7.39. The molecule has 4 nitrogen and oxygen atoms in total.